The van der Waals surface area contributed by atoms with Crippen LogP contribution in [-0.2, 0) is 4.79 Å². The second kappa shape index (κ2) is 11.8. The Hall–Kier alpha value is -2.82. The number of carbonyl (C=O) groups is 2. The fourth-order valence-electron chi connectivity index (χ4n) is 2.60. The molecule has 0 fully saturated rings. The molecule has 0 aliphatic rings. The van der Waals surface area contributed by atoms with E-state index < -0.39 is 5.97 Å². The second-order valence-corrected chi connectivity index (χ2v) is 6.60. The molecule has 0 atom stereocenters. The first-order valence-corrected chi connectivity index (χ1v) is 9.97. The van der Waals surface area contributed by atoms with E-state index in [0.717, 1.165) is 12.2 Å². The summed E-state index contributed by atoms with van der Waals surface area (Å²) in [6, 6.07) is 13.7. The van der Waals surface area contributed by atoms with Crippen molar-refractivity contribution in [3.8, 4) is 11.5 Å². The largest absolute Gasteiger partial charge is 0.494 e. The highest BCUT2D eigenvalue weighted by Gasteiger charge is 2.09. The summed E-state index contributed by atoms with van der Waals surface area (Å²) in [6.45, 7) is 4.68. The minimum atomic E-state index is -0.434. The van der Waals surface area contributed by atoms with Crippen molar-refractivity contribution >= 4 is 17.6 Å². The molecule has 0 aliphatic carbocycles. The highest BCUT2D eigenvalue weighted by Crippen LogP contribution is 2.19. The fraction of sp³-hybridized carbons (Fsp3) is 0.391. The zero-order valence-corrected chi connectivity index (χ0v) is 16.7. The van der Waals surface area contributed by atoms with Crippen molar-refractivity contribution in [2.45, 2.75) is 52.4 Å². The van der Waals surface area contributed by atoms with Gasteiger partial charge in [0.25, 0.3) is 0 Å². The molecule has 0 unspecified atom stereocenters. The second-order valence-electron chi connectivity index (χ2n) is 6.60. The van der Waals surface area contributed by atoms with Crippen molar-refractivity contribution in [2.24, 2.45) is 0 Å². The monoisotopic (exact) mass is 383 g/mol. The van der Waals surface area contributed by atoms with Crippen LogP contribution in [0.5, 0.6) is 11.5 Å². The zero-order valence-electron chi connectivity index (χ0n) is 16.7. The first kappa shape index (κ1) is 21.5. The molecule has 0 saturated carbocycles. The number of hydrogen-bond donors (Lipinski definition) is 1. The standard InChI is InChI=1S/C23H29NO4/c1-3-5-6-7-8-17-27-20-13-9-18(10-14-20)23(26)28-21-15-11-19(12-16-21)24-22(25)4-2/h9-16H,3-8,17H2,1-2H3,(H,24,25). The molecular formula is C23H29NO4. The molecule has 0 radical (unpaired) electrons. The van der Waals surface area contributed by atoms with E-state index in [1.165, 1.54) is 25.7 Å². The number of nitrogens with one attached hydrogen (secondary N) is 1. The smallest absolute Gasteiger partial charge is 0.343 e. The molecule has 0 aliphatic heterocycles. The molecule has 2 aromatic rings. The molecule has 150 valence electrons. The molecule has 0 bridgehead atoms. The fourth-order valence-corrected chi connectivity index (χ4v) is 2.60. The van der Waals surface area contributed by atoms with Gasteiger partial charge < -0.3 is 14.8 Å². The molecule has 5 heteroatoms. The van der Waals surface area contributed by atoms with Gasteiger partial charge in [0.1, 0.15) is 11.5 Å². The number of ether oxygens (including phenoxy) is 2. The topological polar surface area (TPSA) is 64.6 Å². The van der Waals surface area contributed by atoms with Crippen LogP contribution < -0.4 is 14.8 Å². The molecule has 0 spiro atoms. The van der Waals surface area contributed by atoms with Crippen molar-refractivity contribution in [1.82, 2.24) is 0 Å². The zero-order chi connectivity index (χ0) is 20.2. The SMILES string of the molecule is CCCCCCCOc1ccc(C(=O)Oc2ccc(NC(=O)CC)cc2)cc1. The predicted octanol–water partition coefficient (Wildman–Crippen LogP) is 5.60. The van der Waals surface area contributed by atoms with Crippen molar-refractivity contribution in [1.29, 1.82) is 0 Å². The Balaban J connectivity index is 1.80. The van der Waals surface area contributed by atoms with Crippen molar-refractivity contribution in [3.05, 3.63) is 54.1 Å². The molecule has 5 nitrogen and oxygen atoms in total. The van der Waals surface area contributed by atoms with Gasteiger partial charge in [-0.2, -0.15) is 0 Å². The van der Waals surface area contributed by atoms with E-state index in [2.05, 4.69) is 12.2 Å². The van der Waals surface area contributed by atoms with Crippen molar-refractivity contribution < 1.29 is 19.1 Å². The number of rotatable bonds is 11. The summed E-state index contributed by atoms with van der Waals surface area (Å²) in [5.74, 6) is 0.680. The number of unbranched alkanes of at least 4 members (excludes halogenated alkanes) is 4. The van der Waals surface area contributed by atoms with Crippen LogP contribution in [0, 0.1) is 0 Å². The molecule has 1 N–H and O–H groups in total. The van der Waals surface area contributed by atoms with Gasteiger partial charge in [-0.05, 0) is 55.0 Å². The Labute approximate surface area is 167 Å². The van der Waals surface area contributed by atoms with Gasteiger partial charge in [0.15, 0.2) is 0 Å². The van der Waals surface area contributed by atoms with Crippen LogP contribution in [0.25, 0.3) is 0 Å². The molecule has 2 aromatic carbocycles. The third-order valence-corrected chi connectivity index (χ3v) is 4.28. The highest BCUT2D eigenvalue weighted by atomic mass is 16.5. The minimum Gasteiger partial charge on any atom is -0.494 e. The first-order chi connectivity index (χ1) is 13.6. The summed E-state index contributed by atoms with van der Waals surface area (Å²) in [5, 5.41) is 2.75. The third-order valence-electron chi connectivity index (χ3n) is 4.28. The van der Waals surface area contributed by atoms with Gasteiger partial charge >= 0.3 is 5.97 Å². The normalized spacial score (nSPS) is 10.4. The van der Waals surface area contributed by atoms with Crippen LogP contribution in [-0.4, -0.2) is 18.5 Å². The number of esters is 1. The average molecular weight is 383 g/mol. The minimum absolute atomic E-state index is 0.0620. The van der Waals surface area contributed by atoms with E-state index in [-0.39, 0.29) is 5.91 Å². The quantitative estimate of drug-likeness (QED) is 0.311. The van der Waals surface area contributed by atoms with Gasteiger partial charge in [0.05, 0.1) is 12.2 Å². The summed E-state index contributed by atoms with van der Waals surface area (Å²) in [4.78, 5) is 23.6. The molecule has 1 amide bonds. The van der Waals surface area contributed by atoms with Crippen LogP contribution in [0.15, 0.2) is 48.5 Å². The lowest BCUT2D eigenvalue weighted by Crippen LogP contribution is -2.10. The van der Waals surface area contributed by atoms with Gasteiger partial charge in [0.2, 0.25) is 5.91 Å². The summed E-state index contributed by atoms with van der Waals surface area (Å²) >= 11 is 0. The maximum absolute atomic E-state index is 12.3. The molecule has 0 heterocycles. The van der Waals surface area contributed by atoms with E-state index in [4.69, 9.17) is 9.47 Å². The van der Waals surface area contributed by atoms with Crippen LogP contribution in [0.2, 0.25) is 0 Å². The number of carbonyl (C=O) groups excluding carboxylic acids is 2. The number of anilines is 1. The summed E-state index contributed by atoms with van der Waals surface area (Å²) in [5.41, 5.74) is 1.13. The lowest BCUT2D eigenvalue weighted by atomic mass is 10.2. The van der Waals surface area contributed by atoms with Crippen LogP contribution in [0.4, 0.5) is 5.69 Å². The lowest BCUT2D eigenvalue weighted by Gasteiger charge is -2.08. The van der Waals surface area contributed by atoms with Gasteiger partial charge in [-0.3, -0.25) is 4.79 Å². The Bertz CT molecular complexity index is 738. The van der Waals surface area contributed by atoms with E-state index in [0.29, 0.717) is 30.0 Å². The van der Waals surface area contributed by atoms with Gasteiger partial charge in [0, 0.05) is 12.1 Å². The Kier molecular flexibility index (Phi) is 9.05. The maximum atomic E-state index is 12.3. The van der Waals surface area contributed by atoms with Crippen molar-refractivity contribution in [2.75, 3.05) is 11.9 Å². The number of benzene rings is 2. The number of hydrogen-bond acceptors (Lipinski definition) is 4. The summed E-state index contributed by atoms with van der Waals surface area (Å²) < 4.78 is 11.1. The number of amides is 1. The van der Waals surface area contributed by atoms with Gasteiger partial charge in [-0.25, -0.2) is 4.79 Å². The van der Waals surface area contributed by atoms with Crippen molar-refractivity contribution in [3.63, 3.8) is 0 Å². The van der Waals surface area contributed by atoms with E-state index in [1.807, 2.05) is 0 Å². The highest BCUT2D eigenvalue weighted by molar-refractivity contribution is 5.92. The molecule has 28 heavy (non-hydrogen) atoms. The first-order valence-electron chi connectivity index (χ1n) is 9.97. The Morgan fingerprint density at radius 1 is 0.821 bits per heavy atom. The third kappa shape index (κ3) is 7.43. The van der Waals surface area contributed by atoms with Crippen LogP contribution in [0.3, 0.4) is 0 Å². The maximum Gasteiger partial charge on any atom is 0.343 e. The predicted molar refractivity (Wildman–Crippen MR) is 111 cm³/mol. The Morgan fingerprint density at radius 2 is 1.46 bits per heavy atom. The molecule has 0 aromatic heterocycles. The Morgan fingerprint density at radius 3 is 2.11 bits per heavy atom. The summed E-state index contributed by atoms with van der Waals surface area (Å²) in [6.07, 6.45) is 6.38. The van der Waals surface area contributed by atoms with Crippen LogP contribution >= 0.6 is 0 Å². The molecular weight excluding hydrogens is 354 g/mol. The van der Waals surface area contributed by atoms with Gasteiger partial charge in [-0.15, -0.1) is 0 Å². The van der Waals surface area contributed by atoms with Crippen LogP contribution in [0.1, 0.15) is 62.7 Å². The summed E-state index contributed by atoms with van der Waals surface area (Å²) in [7, 11) is 0. The molecule has 0 saturated heterocycles. The van der Waals surface area contributed by atoms with E-state index >= 15 is 0 Å². The molecule has 2 rings (SSSR count). The lowest BCUT2D eigenvalue weighted by molar-refractivity contribution is -0.115. The van der Waals surface area contributed by atoms with Gasteiger partial charge in [-0.1, -0.05) is 39.5 Å². The van der Waals surface area contributed by atoms with E-state index in [1.54, 1.807) is 55.5 Å². The average Bonchev–Trinajstić information content (AvgIpc) is 2.72. The van der Waals surface area contributed by atoms with E-state index in [9.17, 15) is 9.59 Å².